The van der Waals surface area contributed by atoms with Crippen molar-refractivity contribution in [3.8, 4) is 0 Å². The molecule has 0 spiro atoms. The van der Waals surface area contributed by atoms with Crippen LogP contribution in [0.4, 0.5) is 5.00 Å². The van der Waals surface area contributed by atoms with Crippen LogP contribution in [0.5, 0.6) is 0 Å². The fourth-order valence-corrected chi connectivity index (χ4v) is 5.66. The summed E-state index contributed by atoms with van der Waals surface area (Å²) < 4.78 is 26.7. The van der Waals surface area contributed by atoms with Gasteiger partial charge < -0.3 is 5.73 Å². The first-order chi connectivity index (χ1) is 11.8. The van der Waals surface area contributed by atoms with Gasteiger partial charge in [-0.3, -0.25) is 20.0 Å². The SMILES string of the molecule is NC(=O)c1cn[nH]c1C1CCCN(S(=O)(=O)c2ccc([N+](=O)[O-])s2)C1. The summed E-state index contributed by atoms with van der Waals surface area (Å²) in [5.74, 6) is -0.874. The number of H-pyrrole nitrogens is 1. The van der Waals surface area contributed by atoms with Crippen LogP contribution in [0.25, 0.3) is 0 Å². The van der Waals surface area contributed by atoms with Gasteiger partial charge in [0.2, 0.25) is 0 Å². The molecule has 2 aromatic heterocycles. The van der Waals surface area contributed by atoms with Gasteiger partial charge in [0.05, 0.1) is 22.4 Å². The summed E-state index contributed by atoms with van der Waals surface area (Å²) in [6.45, 7) is 0.459. The molecule has 0 saturated carbocycles. The van der Waals surface area contributed by atoms with Gasteiger partial charge in [0.15, 0.2) is 0 Å². The molecule has 0 aliphatic carbocycles. The molecule has 1 aliphatic heterocycles. The van der Waals surface area contributed by atoms with E-state index in [2.05, 4.69) is 10.2 Å². The minimum absolute atomic E-state index is 0.0698. The molecule has 1 aliphatic rings. The summed E-state index contributed by atoms with van der Waals surface area (Å²) in [5, 5.41) is 17.1. The molecule has 12 heteroatoms. The zero-order valence-electron chi connectivity index (χ0n) is 12.9. The molecule has 25 heavy (non-hydrogen) atoms. The number of sulfonamides is 1. The van der Waals surface area contributed by atoms with E-state index in [0.29, 0.717) is 36.4 Å². The minimum Gasteiger partial charge on any atom is -0.365 e. The van der Waals surface area contributed by atoms with E-state index in [0.717, 1.165) is 0 Å². The smallest absolute Gasteiger partial charge is 0.325 e. The standard InChI is InChI=1S/C13H15N5O5S2/c14-13(19)9-6-15-16-12(9)8-2-1-5-17(7-8)25(22,23)11-4-3-10(24-11)18(20)21/h3-4,6,8H,1-2,5,7H2,(H2,14,19)(H,15,16). The fraction of sp³-hybridized carbons (Fsp3) is 0.385. The van der Waals surface area contributed by atoms with E-state index >= 15 is 0 Å². The lowest BCUT2D eigenvalue weighted by Crippen LogP contribution is -2.39. The van der Waals surface area contributed by atoms with E-state index < -0.39 is 20.9 Å². The van der Waals surface area contributed by atoms with E-state index in [1.165, 1.54) is 22.6 Å². The second-order valence-electron chi connectivity index (χ2n) is 5.61. The average molecular weight is 385 g/mol. The third-order valence-electron chi connectivity index (χ3n) is 4.07. The van der Waals surface area contributed by atoms with Gasteiger partial charge >= 0.3 is 5.00 Å². The molecule has 10 nitrogen and oxygen atoms in total. The van der Waals surface area contributed by atoms with Crippen LogP contribution < -0.4 is 5.73 Å². The fourth-order valence-electron chi connectivity index (χ4n) is 2.87. The molecular weight excluding hydrogens is 370 g/mol. The Morgan fingerprint density at radius 1 is 1.48 bits per heavy atom. The molecule has 3 heterocycles. The number of rotatable bonds is 5. The first-order valence-corrected chi connectivity index (χ1v) is 9.64. The molecule has 134 valence electrons. The van der Waals surface area contributed by atoms with Crippen LogP contribution >= 0.6 is 11.3 Å². The molecule has 3 N–H and O–H groups in total. The van der Waals surface area contributed by atoms with Gasteiger partial charge in [-0.15, -0.1) is 0 Å². The van der Waals surface area contributed by atoms with Crippen LogP contribution in [0.1, 0.15) is 34.8 Å². The van der Waals surface area contributed by atoms with Gasteiger partial charge in [0.25, 0.3) is 15.9 Å². The van der Waals surface area contributed by atoms with Crippen LogP contribution in [-0.2, 0) is 10.0 Å². The number of amides is 1. The molecule has 0 bridgehead atoms. The quantitative estimate of drug-likeness (QED) is 0.579. The van der Waals surface area contributed by atoms with Crippen molar-refractivity contribution in [3.05, 3.63) is 39.7 Å². The maximum atomic E-state index is 12.8. The monoisotopic (exact) mass is 385 g/mol. The number of nitrogens with zero attached hydrogens (tertiary/aromatic N) is 3. The number of carbonyl (C=O) groups is 1. The maximum Gasteiger partial charge on any atom is 0.325 e. The van der Waals surface area contributed by atoms with Crippen molar-refractivity contribution in [2.75, 3.05) is 13.1 Å². The third kappa shape index (κ3) is 3.27. The van der Waals surface area contributed by atoms with Gasteiger partial charge in [-0.05, 0) is 30.2 Å². The van der Waals surface area contributed by atoms with E-state index in [9.17, 15) is 23.3 Å². The number of nitrogens with one attached hydrogen (secondary N) is 1. The highest BCUT2D eigenvalue weighted by atomic mass is 32.2. The Bertz CT molecular complexity index is 919. The van der Waals surface area contributed by atoms with Crippen molar-refractivity contribution >= 4 is 32.3 Å². The lowest BCUT2D eigenvalue weighted by atomic mass is 9.93. The van der Waals surface area contributed by atoms with E-state index in [1.807, 2.05) is 0 Å². The molecule has 0 aromatic carbocycles. The first kappa shape index (κ1) is 17.5. The largest absolute Gasteiger partial charge is 0.365 e. The van der Waals surface area contributed by atoms with Crippen molar-refractivity contribution in [1.82, 2.24) is 14.5 Å². The number of aromatic amines is 1. The molecule has 1 saturated heterocycles. The number of hydrogen-bond donors (Lipinski definition) is 2. The number of nitrogens with two attached hydrogens (primary N) is 1. The molecule has 1 atom stereocenters. The predicted molar refractivity (Wildman–Crippen MR) is 88.8 cm³/mol. The van der Waals surface area contributed by atoms with Crippen LogP contribution in [-0.4, -0.2) is 46.8 Å². The number of carbonyl (C=O) groups excluding carboxylic acids is 1. The van der Waals surface area contributed by atoms with Crippen molar-refractivity contribution in [2.24, 2.45) is 5.73 Å². The summed E-state index contributed by atoms with van der Waals surface area (Å²) in [6.07, 6.45) is 2.60. The highest BCUT2D eigenvalue weighted by Gasteiger charge is 2.34. The van der Waals surface area contributed by atoms with Crippen molar-refractivity contribution in [3.63, 3.8) is 0 Å². The lowest BCUT2D eigenvalue weighted by Gasteiger charge is -2.31. The molecular formula is C13H15N5O5S2. The average Bonchev–Trinajstić information content (AvgIpc) is 3.24. The van der Waals surface area contributed by atoms with Crippen molar-refractivity contribution in [2.45, 2.75) is 23.0 Å². The number of nitro groups is 1. The number of thiophene rings is 1. The second kappa shape index (κ2) is 6.54. The van der Waals surface area contributed by atoms with E-state index in [4.69, 9.17) is 5.73 Å². The molecule has 3 rings (SSSR count). The Hall–Kier alpha value is -2.31. The van der Waals surface area contributed by atoms with Crippen LogP contribution in [0.15, 0.2) is 22.5 Å². The highest BCUT2D eigenvalue weighted by molar-refractivity contribution is 7.91. The summed E-state index contributed by atoms with van der Waals surface area (Å²) in [5.41, 5.74) is 6.08. The summed E-state index contributed by atoms with van der Waals surface area (Å²) in [4.78, 5) is 21.6. The number of piperidine rings is 1. The molecule has 1 unspecified atom stereocenters. The van der Waals surface area contributed by atoms with Crippen molar-refractivity contribution in [1.29, 1.82) is 0 Å². The Morgan fingerprint density at radius 3 is 2.88 bits per heavy atom. The Balaban J connectivity index is 1.86. The zero-order valence-corrected chi connectivity index (χ0v) is 14.5. The topological polar surface area (TPSA) is 152 Å². The summed E-state index contributed by atoms with van der Waals surface area (Å²) in [6, 6.07) is 2.42. The van der Waals surface area contributed by atoms with Crippen LogP contribution in [0.2, 0.25) is 0 Å². The van der Waals surface area contributed by atoms with Crippen molar-refractivity contribution < 1.29 is 18.1 Å². The van der Waals surface area contributed by atoms with Gasteiger partial charge in [0.1, 0.15) is 4.21 Å². The van der Waals surface area contributed by atoms with Gasteiger partial charge in [-0.2, -0.15) is 9.40 Å². The van der Waals surface area contributed by atoms with E-state index in [1.54, 1.807) is 0 Å². The Labute approximate surface area is 146 Å². The van der Waals surface area contributed by atoms with Crippen LogP contribution in [0, 0.1) is 10.1 Å². The number of aromatic nitrogens is 2. The molecule has 2 aromatic rings. The first-order valence-electron chi connectivity index (χ1n) is 7.38. The zero-order chi connectivity index (χ0) is 18.2. The van der Waals surface area contributed by atoms with Gasteiger partial charge in [-0.25, -0.2) is 8.42 Å². The highest BCUT2D eigenvalue weighted by Crippen LogP contribution is 2.34. The minimum atomic E-state index is -3.83. The molecule has 1 fully saturated rings. The Kier molecular flexibility index (Phi) is 4.58. The molecule has 1 amide bonds. The second-order valence-corrected chi connectivity index (χ2v) is 8.84. The van der Waals surface area contributed by atoms with Crippen LogP contribution in [0.3, 0.4) is 0 Å². The lowest BCUT2D eigenvalue weighted by molar-refractivity contribution is -0.380. The van der Waals surface area contributed by atoms with Gasteiger partial charge in [0, 0.05) is 25.1 Å². The Morgan fingerprint density at radius 2 is 2.24 bits per heavy atom. The molecule has 0 radical (unpaired) electrons. The predicted octanol–water partition coefficient (Wildman–Crippen LogP) is 1.05. The third-order valence-corrected chi connectivity index (χ3v) is 7.44. The summed E-state index contributed by atoms with van der Waals surface area (Å²) in [7, 11) is -3.83. The number of hydrogen-bond acceptors (Lipinski definition) is 7. The van der Waals surface area contributed by atoms with E-state index in [-0.39, 0.29) is 27.2 Å². The summed E-state index contributed by atoms with van der Waals surface area (Å²) >= 11 is 0.625. The van der Waals surface area contributed by atoms with Gasteiger partial charge in [-0.1, -0.05) is 0 Å². The maximum absolute atomic E-state index is 12.8. The normalized spacial score (nSPS) is 19.0. The number of primary amides is 1.